The van der Waals surface area contributed by atoms with Crippen LogP contribution in [0.25, 0.3) is 0 Å². The van der Waals surface area contributed by atoms with Gasteiger partial charge in [0.1, 0.15) is 0 Å². The lowest BCUT2D eigenvalue weighted by Crippen LogP contribution is -2.20. The molecule has 4 nitrogen and oxygen atoms in total. The third kappa shape index (κ3) is 12.1. The van der Waals surface area contributed by atoms with Crippen molar-refractivity contribution in [3.8, 4) is 0 Å². The van der Waals surface area contributed by atoms with Crippen LogP contribution in [0.4, 0.5) is 0 Å². The van der Waals surface area contributed by atoms with Gasteiger partial charge < -0.3 is 9.47 Å². The molecule has 0 bridgehead atoms. The first-order valence-electron chi connectivity index (χ1n) is 9.17. The number of hydrogen-bond acceptors (Lipinski definition) is 4. The van der Waals surface area contributed by atoms with Crippen molar-refractivity contribution in [3.05, 3.63) is 0 Å². The molecule has 2 atom stereocenters. The van der Waals surface area contributed by atoms with Crippen molar-refractivity contribution in [1.29, 1.82) is 0 Å². The first-order chi connectivity index (χ1) is 11.0. The average Bonchev–Trinajstić information content (AvgIpc) is 2.57. The monoisotopic (exact) mass is 328 g/mol. The van der Waals surface area contributed by atoms with Gasteiger partial charge in [0.25, 0.3) is 0 Å². The van der Waals surface area contributed by atoms with Gasteiger partial charge in [-0.1, -0.05) is 65.2 Å². The summed E-state index contributed by atoms with van der Waals surface area (Å²) in [5, 5.41) is 0. The Balaban J connectivity index is 3.33. The van der Waals surface area contributed by atoms with Gasteiger partial charge in [-0.25, -0.2) is 0 Å². The summed E-state index contributed by atoms with van der Waals surface area (Å²) in [5.41, 5.74) is 0. The number of carbonyl (C=O) groups excluding carboxylic acids is 2. The lowest BCUT2D eigenvalue weighted by molar-refractivity contribution is -0.146. The molecule has 0 fully saturated rings. The van der Waals surface area contributed by atoms with Crippen molar-refractivity contribution in [2.75, 3.05) is 14.2 Å². The number of ether oxygens (including phenoxy) is 2. The van der Waals surface area contributed by atoms with E-state index in [1.165, 1.54) is 59.2 Å². The zero-order chi connectivity index (χ0) is 17.5. The molecule has 2 unspecified atom stereocenters. The maximum Gasteiger partial charge on any atom is 0.308 e. The van der Waals surface area contributed by atoms with E-state index in [2.05, 4.69) is 11.7 Å². The smallest absolute Gasteiger partial charge is 0.308 e. The molecule has 0 spiro atoms. The predicted molar refractivity (Wildman–Crippen MR) is 93.1 cm³/mol. The number of carbonyl (C=O) groups is 2. The van der Waals surface area contributed by atoms with Gasteiger partial charge in [-0.15, -0.1) is 0 Å². The Morgan fingerprint density at radius 3 is 1.70 bits per heavy atom. The van der Waals surface area contributed by atoms with Crippen LogP contribution in [0.1, 0.15) is 84.5 Å². The van der Waals surface area contributed by atoms with Gasteiger partial charge in [0, 0.05) is 6.42 Å². The second-order valence-electron chi connectivity index (χ2n) is 6.59. The summed E-state index contributed by atoms with van der Waals surface area (Å²) in [5.74, 6) is 0.215. The van der Waals surface area contributed by atoms with Gasteiger partial charge in [-0.2, -0.15) is 0 Å². The molecule has 0 saturated carbocycles. The Hall–Kier alpha value is -1.06. The summed E-state index contributed by atoms with van der Waals surface area (Å²) in [7, 11) is 2.90. The van der Waals surface area contributed by atoms with Gasteiger partial charge >= 0.3 is 11.9 Å². The number of methoxy groups -OCH3 is 2. The van der Waals surface area contributed by atoms with Crippen LogP contribution in [0.5, 0.6) is 0 Å². The predicted octanol–water partition coefficient (Wildman–Crippen LogP) is 4.90. The number of rotatable bonds is 14. The highest BCUT2D eigenvalue weighted by molar-refractivity contribution is 5.72. The van der Waals surface area contributed by atoms with E-state index >= 15 is 0 Å². The van der Waals surface area contributed by atoms with Crippen LogP contribution in [0, 0.1) is 11.8 Å². The highest BCUT2D eigenvalue weighted by atomic mass is 16.5. The first-order valence-corrected chi connectivity index (χ1v) is 9.17. The summed E-state index contributed by atoms with van der Waals surface area (Å²) in [6.45, 7) is 4.09. The second kappa shape index (κ2) is 14.5. The Kier molecular flexibility index (Phi) is 13.9. The molecule has 0 amide bonds. The molecule has 4 heteroatoms. The second-order valence-corrected chi connectivity index (χ2v) is 6.59. The highest BCUT2D eigenvalue weighted by Gasteiger charge is 2.19. The fraction of sp³-hybridized carbons (Fsp3) is 0.895. The normalized spacial score (nSPS) is 13.4. The standard InChI is InChI=1S/C19H36O4/c1-16(17(2)19(21)23-4)14-12-10-8-6-5-7-9-11-13-15-18(20)22-3/h16-17H,5-15H2,1-4H3. The van der Waals surface area contributed by atoms with Gasteiger partial charge in [-0.05, 0) is 18.8 Å². The van der Waals surface area contributed by atoms with E-state index in [4.69, 9.17) is 4.74 Å². The molecular weight excluding hydrogens is 292 g/mol. The Bertz CT molecular complexity index is 314. The molecule has 136 valence electrons. The Morgan fingerprint density at radius 2 is 1.22 bits per heavy atom. The number of esters is 2. The van der Waals surface area contributed by atoms with E-state index in [9.17, 15) is 9.59 Å². The maximum absolute atomic E-state index is 11.4. The number of unbranched alkanes of at least 4 members (excludes halogenated alkanes) is 8. The summed E-state index contributed by atoms with van der Waals surface area (Å²) in [6.07, 6.45) is 12.5. The molecule has 0 aromatic carbocycles. The minimum Gasteiger partial charge on any atom is -0.469 e. The fourth-order valence-electron chi connectivity index (χ4n) is 2.74. The zero-order valence-electron chi connectivity index (χ0n) is 15.6. The lowest BCUT2D eigenvalue weighted by atomic mass is 9.90. The number of hydrogen-bond donors (Lipinski definition) is 0. The van der Waals surface area contributed by atoms with E-state index in [0.29, 0.717) is 12.3 Å². The molecule has 0 aliphatic heterocycles. The summed E-state index contributed by atoms with van der Waals surface area (Å²) in [6, 6.07) is 0. The van der Waals surface area contributed by atoms with Crippen LogP contribution in [-0.4, -0.2) is 26.2 Å². The molecular formula is C19H36O4. The topological polar surface area (TPSA) is 52.6 Å². The van der Waals surface area contributed by atoms with Crippen LogP contribution in [0.3, 0.4) is 0 Å². The van der Waals surface area contributed by atoms with E-state index in [-0.39, 0.29) is 17.9 Å². The van der Waals surface area contributed by atoms with Crippen molar-refractivity contribution in [2.45, 2.75) is 84.5 Å². The summed E-state index contributed by atoms with van der Waals surface area (Å²) >= 11 is 0. The highest BCUT2D eigenvalue weighted by Crippen LogP contribution is 2.20. The van der Waals surface area contributed by atoms with Gasteiger partial charge in [0.15, 0.2) is 0 Å². The largest absolute Gasteiger partial charge is 0.469 e. The summed E-state index contributed by atoms with van der Waals surface area (Å²) in [4.78, 5) is 22.4. The van der Waals surface area contributed by atoms with Crippen LogP contribution in [0.15, 0.2) is 0 Å². The first kappa shape index (κ1) is 21.9. The van der Waals surface area contributed by atoms with Crippen molar-refractivity contribution < 1.29 is 19.1 Å². The molecule has 0 N–H and O–H groups in total. The van der Waals surface area contributed by atoms with Crippen LogP contribution >= 0.6 is 0 Å². The fourth-order valence-corrected chi connectivity index (χ4v) is 2.74. The SMILES string of the molecule is COC(=O)CCCCCCCCCCCC(C)C(C)C(=O)OC. The van der Waals surface area contributed by atoms with Gasteiger partial charge in [0.05, 0.1) is 20.1 Å². The molecule has 0 radical (unpaired) electrons. The van der Waals surface area contributed by atoms with Gasteiger partial charge in [0.2, 0.25) is 0 Å². The lowest BCUT2D eigenvalue weighted by Gasteiger charge is -2.17. The minimum atomic E-state index is -0.0965. The summed E-state index contributed by atoms with van der Waals surface area (Å²) < 4.78 is 9.41. The molecule has 0 aliphatic rings. The van der Waals surface area contributed by atoms with Crippen LogP contribution < -0.4 is 0 Å². The molecule has 0 aromatic heterocycles. The van der Waals surface area contributed by atoms with E-state index < -0.39 is 0 Å². The molecule has 0 aromatic rings. The molecule has 0 heterocycles. The van der Waals surface area contributed by atoms with Crippen molar-refractivity contribution in [2.24, 2.45) is 11.8 Å². The van der Waals surface area contributed by atoms with E-state index in [1.807, 2.05) is 6.92 Å². The maximum atomic E-state index is 11.4. The average molecular weight is 328 g/mol. The van der Waals surface area contributed by atoms with E-state index in [1.54, 1.807) is 0 Å². The van der Waals surface area contributed by atoms with Crippen molar-refractivity contribution in [3.63, 3.8) is 0 Å². The van der Waals surface area contributed by atoms with Gasteiger partial charge in [-0.3, -0.25) is 9.59 Å². The zero-order valence-corrected chi connectivity index (χ0v) is 15.6. The molecule has 23 heavy (non-hydrogen) atoms. The molecule has 0 saturated heterocycles. The van der Waals surface area contributed by atoms with Crippen LogP contribution in [-0.2, 0) is 19.1 Å². The third-order valence-corrected chi connectivity index (χ3v) is 4.69. The minimum absolute atomic E-state index is 0.00462. The molecule has 0 rings (SSSR count). The Morgan fingerprint density at radius 1 is 0.739 bits per heavy atom. The van der Waals surface area contributed by atoms with Crippen molar-refractivity contribution >= 4 is 11.9 Å². The third-order valence-electron chi connectivity index (χ3n) is 4.69. The van der Waals surface area contributed by atoms with Crippen LogP contribution in [0.2, 0.25) is 0 Å². The Labute approximate surface area is 142 Å². The molecule has 0 aliphatic carbocycles. The van der Waals surface area contributed by atoms with Crippen molar-refractivity contribution in [1.82, 2.24) is 0 Å². The van der Waals surface area contributed by atoms with E-state index in [0.717, 1.165) is 19.3 Å². The quantitative estimate of drug-likeness (QED) is 0.336.